The highest BCUT2D eigenvalue weighted by molar-refractivity contribution is 5.77. The van der Waals surface area contributed by atoms with Crippen LogP contribution < -0.4 is 0 Å². The average Bonchev–Trinajstić information content (AvgIpc) is 2.62. The zero-order valence-electron chi connectivity index (χ0n) is 14.0. The van der Waals surface area contributed by atoms with Crippen LogP contribution in [-0.4, -0.2) is 53.7 Å². The predicted octanol–water partition coefficient (Wildman–Crippen LogP) is 2.17. The predicted molar refractivity (Wildman–Crippen MR) is 90.4 cm³/mol. The standard InChI is InChI=1S/C18H23N3O3/c1-21(18(22)13-23-12-15-6-4-5-9-24-15)11-14-10-19-16-7-2-3-8-17(16)20-14/h2-3,7-8,10,15H,4-6,9,11-13H2,1H3/t15-/m0/s1. The van der Waals surface area contributed by atoms with Gasteiger partial charge in [-0.2, -0.15) is 0 Å². The molecule has 128 valence electrons. The maximum Gasteiger partial charge on any atom is 0.248 e. The number of ether oxygens (including phenoxy) is 2. The molecular weight excluding hydrogens is 306 g/mol. The van der Waals surface area contributed by atoms with Gasteiger partial charge in [-0.25, -0.2) is 4.98 Å². The molecule has 0 bridgehead atoms. The molecular formula is C18H23N3O3. The summed E-state index contributed by atoms with van der Waals surface area (Å²) in [5.41, 5.74) is 2.45. The number of para-hydroxylation sites is 2. The fraction of sp³-hybridized carbons (Fsp3) is 0.500. The largest absolute Gasteiger partial charge is 0.376 e. The summed E-state index contributed by atoms with van der Waals surface area (Å²) in [6.45, 7) is 1.76. The minimum absolute atomic E-state index is 0.0668. The molecule has 6 heteroatoms. The monoisotopic (exact) mass is 329 g/mol. The molecule has 2 aromatic rings. The summed E-state index contributed by atoms with van der Waals surface area (Å²) in [4.78, 5) is 22.7. The van der Waals surface area contributed by atoms with E-state index in [4.69, 9.17) is 9.47 Å². The first-order valence-electron chi connectivity index (χ1n) is 8.36. The summed E-state index contributed by atoms with van der Waals surface area (Å²) >= 11 is 0. The molecule has 1 fully saturated rings. The Morgan fingerprint density at radius 3 is 2.96 bits per heavy atom. The third-order valence-electron chi connectivity index (χ3n) is 4.13. The van der Waals surface area contributed by atoms with E-state index in [-0.39, 0.29) is 18.6 Å². The molecule has 1 aliphatic rings. The lowest BCUT2D eigenvalue weighted by molar-refractivity contribution is -0.137. The summed E-state index contributed by atoms with van der Waals surface area (Å²) in [5.74, 6) is -0.0687. The van der Waals surface area contributed by atoms with Crippen molar-refractivity contribution in [3.05, 3.63) is 36.2 Å². The molecule has 1 aliphatic heterocycles. The zero-order valence-corrected chi connectivity index (χ0v) is 14.0. The van der Waals surface area contributed by atoms with Crippen LogP contribution in [0.4, 0.5) is 0 Å². The summed E-state index contributed by atoms with van der Waals surface area (Å²) in [6, 6.07) is 7.69. The molecule has 1 aromatic carbocycles. The van der Waals surface area contributed by atoms with E-state index in [9.17, 15) is 4.79 Å². The average molecular weight is 329 g/mol. The Labute approximate surface area is 141 Å². The van der Waals surface area contributed by atoms with Gasteiger partial charge in [-0.3, -0.25) is 9.78 Å². The fourth-order valence-electron chi connectivity index (χ4n) is 2.73. The molecule has 1 amide bonds. The molecule has 0 unspecified atom stereocenters. The molecule has 0 spiro atoms. The normalized spacial score (nSPS) is 17.8. The van der Waals surface area contributed by atoms with Crippen LogP contribution in [0.3, 0.4) is 0 Å². The Bertz CT molecular complexity index is 686. The van der Waals surface area contributed by atoms with E-state index in [1.807, 2.05) is 24.3 Å². The number of hydrogen-bond acceptors (Lipinski definition) is 5. The van der Waals surface area contributed by atoms with Crippen LogP contribution in [0.25, 0.3) is 11.0 Å². The van der Waals surface area contributed by atoms with Gasteiger partial charge < -0.3 is 14.4 Å². The molecule has 1 saturated heterocycles. The SMILES string of the molecule is CN(Cc1cnc2ccccc2n1)C(=O)COC[C@@H]1CCCCO1. The smallest absolute Gasteiger partial charge is 0.248 e. The minimum atomic E-state index is -0.0687. The lowest BCUT2D eigenvalue weighted by atomic mass is 10.1. The van der Waals surface area contributed by atoms with E-state index in [1.54, 1.807) is 18.1 Å². The summed E-state index contributed by atoms with van der Waals surface area (Å²) in [6.07, 6.45) is 5.13. The molecule has 24 heavy (non-hydrogen) atoms. The van der Waals surface area contributed by atoms with E-state index in [0.717, 1.165) is 36.2 Å². The first-order valence-corrected chi connectivity index (χ1v) is 8.36. The maximum absolute atomic E-state index is 12.2. The second kappa shape index (κ2) is 8.17. The van der Waals surface area contributed by atoms with Crippen LogP contribution in [0.2, 0.25) is 0 Å². The van der Waals surface area contributed by atoms with Crippen LogP contribution in [0.5, 0.6) is 0 Å². The third kappa shape index (κ3) is 4.49. The lowest BCUT2D eigenvalue weighted by Gasteiger charge is -2.23. The lowest BCUT2D eigenvalue weighted by Crippen LogP contribution is -2.32. The van der Waals surface area contributed by atoms with Crippen molar-refractivity contribution in [1.82, 2.24) is 14.9 Å². The molecule has 3 rings (SSSR count). The first kappa shape index (κ1) is 16.8. The van der Waals surface area contributed by atoms with Gasteiger partial charge in [0.05, 0.1) is 42.2 Å². The van der Waals surface area contributed by atoms with Crippen LogP contribution >= 0.6 is 0 Å². The molecule has 0 N–H and O–H groups in total. The van der Waals surface area contributed by atoms with Crippen molar-refractivity contribution in [3.8, 4) is 0 Å². The number of aromatic nitrogens is 2. The highest BCUT2D eigenvalue weighted by Gasteiger charge is 2.16. The Balaban J connectivity index is 1.47. The number of benzene rings is 1. The number of carbonyl (C=O) groups excluding carboxylic acids is 1. The summed E-state index contributed by atoms with van der Waals surface area (Å²) in [5, 5.41) is 0. The minimum Gasteiger partial charge on any atom is -0.376 e. The van der Waals surface area contributed by atoms with Crippen LogP contribution in [0.15, 0.2) is 30.5 Å². The summed E-state index contributed by atoms with van der Waals surface area (Å²) < 4.78 is 11.1. The van der Waals surface area contributed by atoms with Crippen LogP contribution in [0, 0.1) is 0 Å². The van der Waals surface area contributed by atoms with Crippen molar-refractivity contribution in [2.24, 2.45) is 0 Å². The van der Waals surface area contributed by atoms with Gasteiger partial charge in [0.2, 0.25) is 5.91 Å². The molecule has 0 radical (unpaired) electrons. The van der Waals surface area contributed by atoms with Crippen molar-refractivity contribution >= 4 is 16.9 Å². The number of nitrogens with zero attached hydrogens (tertiary/aromatic N) is 3. The van der Waals surface area contributed by atoms with Gasteiger partial charge in [0.1, 0.15) is 6.61 Å². The van der Waals surface area contributed by atoms with E-state index >= 15 is 0 Å². The second-order valence-electron chi connectivity index (χ2n) is 6.10. The number of hydrogen-bond donors (Lipinski definition) is 0. The first-order chi connectivity index (χ1) is 11.7. The number of amides is 1. The Kier molecular flexibility index (Phi) is 5.72. The van der Waals surface area contributed by atoms with Gasteiger partial charge in [-0.05, 0) is 31.4 Å². The molecule has 0 saturated carbocycles. The van der Waals surface area contributed by atoms with Gasteiger partial charge in [-0.1, -0.05) is 12.1 Å². The highest BCUT2D eigenvalue weighted by Crippen LogP contribution is 2.13. The number of likely N-dealkylation sites (N-methyl/N-ethyl adjacent to an activating group) is 1. The second-order valence-corrected chi connectivity index (χ2v) is 6.10. The van der Waals surface area contributed by atoms with E-state index in [2.05, 4.69) is 9.97 Å². The van der Waals surface area contributed by atoms with E-state index in [0.29, 0.717) is 13.2 Å². The van der Waals surface area contributed by atoms with Gasteiger partial charge in [0, 0.05) is 13.7 Å². The number of fused-ring (bicyclic) bond motifs is 1. The molecule has 1 atom stereocenters. The quantitative estimate of drug-likeness (QED) is 0.813. The molecule has 2 heterocycles. The molecule has 1 aromatic heterocycles. The van der Waals surface area contributed by atoms with Crippen molar-refractivity contribution in [2.75, 3.05) is 26.9 Å². The Hall–Kier alpha value is -2.05. The zero-order chi connectivity index (χ0) is 16.8. The third-order valence-corrected chi connectivity index (χ3v) is 4.13. The van der Waals surface area contributed by atoms with Gasteiger partial charge >= 0.3 is 0 Å². The number of rotatable bonds is 6. The topological polar surface area (TPSA) is 64.6 Å². The van der Waals surface area contributed by atoms with Gasteiger partial charge in [-0.15, -0.1) is 0 Å². The Morgan fingerprint density at radius 2 is 2.17 bits per heavy atom. The van der Waals surface area contributed by atoms with E-state index < -0.39 is 0 Å². The van der Waals surface area contributed by atoms with E-state index in [1.165, 1.54) is 6.42 Å². The fourth-order valence-corrected chi connectivity index (χ4v) is 2.73. The van der Waals surface area contributed by atoms with Crippen molar-refractivity contribution < 1.29 is 14.3 Å². The summed E-state index contributed by atoms with van der Waals surface area (Å²) in [7, 11) is 1.75. The highest BCUT2D eigenvalue weighted by atomic mass is 16.5. The van der Waals surface area contributed by atoms with Crippen molar-refractivity contribution in [2.45, 2.75) is 31.9 Å². The maximum atomic E-state index is 12.2. The molecule has 6 nitrogen and oxygen atoms in total. The van der Waals surface area contributed by atoms with Crippen LogP contribution in [0.1, 0.15) is 25.0 Å². The molecule has 0 aliphatic carbocycles. The number of carbonyl (C=O) groups is 1. The van der Waals surface area contributed by atoms with Crippen LogP contribution in [-0.2, 0) is 20.8 Å². The van der Waals surface area contributed by atoms with Gasteiger partial charge in [0.25, 0.3) is 0 Å². The Morgan fingerprint density at radius 1 is 1.33 bits per heavy atom. The van der Waals surface area contributed by atoms with Gasteiger partial charge in [0.15, 0.2) is 0 Å². The van der Waals surface area contributed by atoms with Crippen molar-refractivity contribution in [3.63, 3.8) is 0 Å². The van der Waals surface area contributed by atoms with Crippen molar-refractivity contribution in [1.29, 1.82) is 0 Å².